The zero-order valence-electron chi connectivity index (χ0n) is 13.6. The van der Waals surface area contributed by atoms with Crippen molar-refractivity contribution in [1.82, 2.24) is 9.97 Å². The third kappa shape index (κ3) is 2.66. The standard InChI is InChI=1S/C18H14N2O.C2H6/c1-11-7-8-15-14(9-11)18-17(19-15)13(10-16(21)20-18)12-5-3-2-4-6-12;1-2/h2-10,19H,1H3,(H,20,21);1-2H3. The first-order valence-electron chi connectivity index (χ1n) is 7.93. The Morgan fingerprint density at radius 2 is 1.57 bits per heavy atom. The molecule has 2 aromatic carbocycles. The van der Waals surface area contributed by atoms with Gasteiger partial charge >= 0.3 is 0 Å². The summed E-state index contributed by atoms with van der Waals surface area (Å²) in [5.41, 5.74) is 5.95. The fraction of sp³-hybridized carbons (Fsp3) is 0.150. The van der Waals surface area contributed by atoms with Crippen molar-refractivity contribution in [3.8, 4) is 11.1 Å². The summed E-state index contributed by atoms with van der Waals surface area (Å²) in [6.07, 6.45) is 0. The molecule has 0 atom stereocenters. The van der Waals surface area contributed by atoms with E-state index >= 15 is 0 Å². The molecule has 116 valence electrons. The normalized spacial score (nSPS) is 10.6. The molecule has 3 heteroatoms. The van der Waals surface area contributed by atoms with Crippen LogP contribution in [0.4, 0.5) is 0 Å². The average Bonchev–Trinajstić information content (AvgIpc) is 2.94. The van der Waals surface area contributed by atoms with Gasteiger partial charge in [-0.2, -0.15) is 0 Å². The molecule has 2 aromatic heterocycles. The van der Waals surface area contributed by atoms with Gasteiger partial charge in [0.1, 0.15) is 0 Å². The molecule has 4 rings (SSSR count). The van der Waals surface area contributed by atoms with Crippen LogP contribution in [0.3, 0.4) is 0 Å². The largest absolute Gasteiger partial charge is 0.353 e. The maximum Gasteiger partial charge on any atom is 0.249 e. The molecular weight excluding hydrogens is 284 g/mol. The lowest BCUT2D eigenvalue weighted by Gasteiger charge is -2.02. The summed E-state index contributed by atoms with van der Waals surface area (Å²) in [7, 11) is 0. The summed E-state index contributed by atoms with van der Waals surface area (Å²) in [5.74, 6) is 0. The van der Waals surface area contributed by atoms with E-state index in [9.17, 15) is 4.79 Å². The van der Waals surface area contributed by atoms with Gasteiger partial charge in [0, 0.05) is 22.5 Å². The lowest BCUT2D eigenvalue weighted by molar-refractivity contribution is 1.31. The molecule has 4 aromatic rings. The van der Waals surface area contributed by atoms with E-state index in [1.165, 1.54) is 5.56 Å². The Morgan fingerprint density at radius 3 is 2.30 bits per heavy atom. The number of hydrogen-bond acceptors (Lipinski definition) is 1. The molecule has 0 aliphatic heterocycles. The Balaban J connectivity index is 0.000000753. The van der Waals surface area contributed by atoms with Gasteiger partial charge in [-0.1, -0.05) is 55.8 Å². The molecule has 0 amide bonds. The maximum atomic E-state index is 12.0. The number of pyridine rings is 1. The Kier molecular flexibility index (Phi) is 4.02. The quantitative estimate of drug-likeness (QED) is 0.510. The van der Waals surface area contributed by atoms with Crippen molar-refractivity contribution in [2.45, 2.75) is 20.8 Å². The van der Waals surface area contributed by atoms with Gasteiger partial charge in [-0.05, 0) is 24.6 Å². The highest BCUT2D eigenvalue weighted by molar-refractivity contribution is 6.09. The van der Waals surface area contributed by atoms with E-state index in [1.54, 1.807) is 6.07 Å². The van der Waals surface area contributed by atoms with Crippen LogP contribution in [0.15, 0.2) is 59.4 Å². The Bertz CT molecular complexity index is 1010. The highest BCUT2D eigenvalue weighted by Gasteiger charge is 2.11. The smallest absolute Gasteiger partial charge is 0.249 e. The van der Waals surface area contributed by atoms with Crippen LogP contribution in [-0.4, -0.2) is 9.97 Å². The van der Waals surface area contributed by atoms with Crippen LogP contribution in [-0.2, 0) is 0 Å². The van der Waals surface area contributed by atoms with Gasteiger partial charge in [-0.3, -0.25) is 4.79 Å². The van der Waals surface area contributed by atoms with E-state index < -0.39 is 0 Å². The van der Waals surface area contributed by atoms with Gasteiger partial charge < -0.3 is 9.97 Å². The van der Waals surface area contributed by atoms with Gasteiger partial charge in [-0.15, -0.1) is 0 Å². The first-order chi connectivity index (χ1) is 11.2. The molecule has 3 nitrogen and oxygen atoms in total. The van der Waals surface area contributed by atoms with Crippen LogP contribution in [0.25, 0.3) is 33.1 Å². The number of rotatable bonds is 1. The molecule has 0 spiro atoms. The zero-order valence-corrected chi connectivity index (χ0v) is 13.6. The predicted molar refractivity (Wildman–Crippen MR) is 97.9 cm³/mol. The third-order valence-corrected chi connectivity index (χ3v) is 3.83. The molecule has 0 bridgehead atoms. The number of aromatic amines is 2. The minimum atomic E-state index is -0.0799. The van der Waals surface area contributed by atoms with Gasteiger partial charge in [0.15, 0.2) is 0 Å². The third-order valence-electron chi connectivity index (χ3n) is 3.83. The van der Waals surface area contributed by atoms with Crippen LogP contribution >= 0.6 is 0 Å². The number of aromatic nitrogens is 2. The molecule has 0 unspecified atom stereocenters. The second-order valence-corrected chi connectivity index (χ2v) is 5.34. The Labute approximate surface area is 135 Å². The van der Waals surface area contributed by atoms with Crippen LogP contribution in [0.2, 0.25) is 0 Å². The van der Waals surface area contributed by atoms with Gasteiger partial charge in [0.25, 0.3) is 0 Å². The SMILES string of the molecule is CC.Cc1ccc2[nH]c3c(-c4ccccc4)cc(=O)[nH]c3c2c1. The second-order valence-electron chi connectivity index (χ2n) is 5.34. The predicted octanol–water partition coefficient (Wildman–Crippen LogP) is 5.01. The van der Waals surface area contributed by atoms with Gasteiger partial charge in [-0.25, -0.2) is 0 Å². The molecule has 2 heterocycles. The number of fused-ring (bicyclic) bond motifs is 3. The topological polar surface area (TPSA) is 48.6 Å². The molecule has 23 heavy (non-hydrogen) atoms. The molecular formula is C20H20N2O. The van der Waals surface area contributed by atoms with Crippen LogP contribution in [0.1, 0.15) is 19.4 Å². The fourth-order valence-electron chi connectivity index (χ4n) is 2.85. The van der Waals surface area contributed by atoms with E-state index in [0.29, 0.717) is 0 Å². The van der Waals surface area contributed by atoms with E-state index in [-0.39, 0.29) is 5.56 Å². The molecule has 0 saturated heterocycles. The summed E-state index contributed by atoms with van der Waals surface area (Å²) in [6, 6.07) is 17.8. The monoisotopic (exact) mass is 304 g/mol. The van der Waals surface area contributed by atoms with Crippen molar-refractivity contribution in [3.05, 3.63) is 70.5 Å². The second kappa shape index (κ2) is 6.13. The van der Waals surface area contributed by atoms with Crippen LogP contribution < -0.4 is 5.56 Å². The van der Waals surface area contributed by atoms with Gasteiger partial charge in [0.2, 0.25) is 5.56 Å². The van der Waals surface area contributed by atoms with Gasteiger partial charge in [0.05, 0.1) is 11.0 Å². The number of benzene rings is 2. The van der Waals surface area contributed by atoms with Crippen molar-refractivity contribution in [2.24, 2.45) is 0 Å². The minimum Gasteiger partial charge on any atom is -0.353 e. The Morgan fingerprint density at radius 1 is 0.826 bits per heavy atom. The van der Waals surface area contributed by atoms with E-state index in [1.807, 2.05) is 44.2 Å². The molecule has 0 saturated carbocycles. The number of H-pyrrole nitrogens is 2. The molecule has 2 N–H and O–H groups in total. The minimum absolute atomic E-state index is 0.0799. The Hall–Kier alpha value is -2.81. The zero-order chi connectivity index (χ0) is 16.4. The number of nitrogens with one attached hydrogen (secondary N) is 2. The molecule has 0 radical (unpaired) electrons. The molecule has 0 fully saturated rings. The van der Waals surface area contributed by atoms with E-state index in [0.717, 1.165) is 33.1 Å². The van der Waals surface area contributed by atoms with Crippen molar-refractivity contribution >= 4 is 21.9 Å². The first-order valence-corrected chi connectivity index (χ1v) is 7.93. The first kappa shape index (κ1) is 15.1. The van der Waals surface area contributed by atoms with E-state index in [4.69, 9.17) is 0 Å². The number of aryl methyl sites for hydroxylation is 1. The summed E-state index contributed by atoms with van der Waals surface area (Å²) >= 11 is 0. The number of hydrogen-bond donors (Lipinski definition) is 2. The highest BCUT2D eigenvalue weighted by Crippen LogP contribution is 2.30. The average molecular weight is 304 g/mol. The fourth-order valence-corrected chi connectivity index (χ4v) is 2.85. The molecule has 0 aliphatic carbocycles. The van der Waals surface area contributed by atoms with Crippen molar-refractivity contribution in [1.29, 1.82) is 0 Å². The summed E-state index contributed by atoms with van der Waals surface area (Å²) in [5, 5.41) is 1.06. The van der Waals surface area contributed by atoms with Crippen LogP contribution in [0, 0.1) is 6.92 Å². The summed E-state index contributed by atoms with van der Waals surface area (Å²) in [6.45, 7) is 6.05. The summed E-state index contributed by atoms with van der Waals surface area (Å²) < 4.78 is 0. The van der Waals surface area contributed by atoms with E-state index in [2.05, 4.69) is 35.1 Å². The van der Waals surface area contributed by atoms with Crippen molar-refractivity contribution in [2.75, 3.05) is 0 Å². The van der Waals surface area contributed by atoms with Crippen molar-refractivity contribution < 1.29 is 0 Å². The lowest BCUT2D eigenvalue weighted by Crippen LogP contribution is -2.04. The highest BCUT2D eigenvalue weighted by atomic mass is 16.1. The maximum absolute atomic E-state index is 12.0. The molecule has 0 aliphatic rings. The van der Waals surface area contributed by atoms with Crippen LogP contribution in [0.5, 0.6) is 0 Å². The van der Waals surface area contributed by atoms with Crippen molar-refractivity contribution in [3.63, 3.8) is 0 Å². The summed E-state index contributed by atoms with van der Waals surface area (Å²) in [4.78, 5) is 18.4. The lowest BCUT2D eigenvalue weighted by atomic mass is 10.1.